The van der Waals surface area contributed by atoms with Crippen molar-refractivity contribution >= 4 is 16.1 Å². The number of sulfonamides is 1. The highest BCUT2D eigenvalue weighted by Crippen LogP contribution is 2.29. The summed E-state index contributed by atoms with van der Waals surface area (Å²) in [5.41, 5.74) is 0.573. The van der Waals surface area contributed by atoms with Crippen LogP contribution in [-0.2, 0) is 16.4 Å². The number of amides is 2. The van der Waals surface area contributed by atoms with E-state index in [-0.39, 0.29) is 23.8 Å². The lowest BCUT2D eigenvalue weighted by Gasteiger charge is -2.36. The lowest BCUT2D eigenvalue weighted by Crippen LogP contribution is -2.51. The molecule has 1 aromatic carbocycles. The Hall–Kier alpha value is -1.67. The fourth-order valence-corrected chi connectivity index (χ4v) is 4.59. The van der Waals surface area contributed by atoms with Crippen molar-refractivity contribution in [2.24, 2.45) is 5.92 Å². The standard InChI is InChI=1S/C17H24FN3O3S/c1-25(23,24)20-10-13-6-7-15(12-20)21(11-13)17(22)19-9-8-14-4-2-3-5-16(14)18/h2-5,13,15H,6-12H2,1H3,(H,19,22)/t13-,15+/m1/s1. The summed E-state index contributed by atoms with van der Waals surface area (Å²) in [6.45, 7) is 1.76. The summed E-state index contributed by atoms with van der Waals surface area (Å²) >= 11 is 0. The van der Waals surface area contributed by atoms with E-state index in [4.69, 9.17) is 0 Å². The van der Waals surface area contributed by atoms with Crippen LogP contribution in [0.5, 0.6) is 0 Å². The molecule has 2 bridgehead atoms. The number of piperidine rings is 1. The predicted molar refractivity (Wildman–Crippen MR) is 93.1 cm³/mol. The highest BCUT2D eigenvalue weighted by Gasteiger charge is 2.39. The minimum atomic E-state index is -3.25. The van der Waals surface area contributed by atoms with Crippen LogP contribution in [0.25, 0.3) is 0 Å². The van der Waals surface area contributed by atoms with Crippen LogP contribution in [0.1, 0.15) is 18.4 Å². The summed E-state index contributed by atoms with van der Waals surface area (Å²) in [7, 11) is -3.25. The van der Waals surface area contributed by atoms with Gasteiger partial charge in [-0.1, -0.05) is 18.2 Å². The number of halogens is 1. The highest BCUT2D eigenvalue weighted by molar-refractivity contribution is 7.88. The van der Waals surface area contributed by atoms with Gasteiger partial charge in [0.1, 0.15) is 5.82 Å². The maximum absolute atomic E-state index is 13.6. The van der Waals surface area contributed by atoms with Crippen molar-refractivity contribution in [1.29, 1.82) is 0 Å². The summed E-state index contributed by atoms with van der Waals surface area (Å²) < 4.78 is 38.8. The minimum absolute atomic E-state index is 0.0954. The molecule has 0 aromatic heterocycles. The lowest BCUT2D eigenvalue weighted by molar-refractivity contribution is 0.142. The first-order valence-corrected chi connectivity index (χ1v) is 10.4. The molecule has 3 fully saturated rings. The molecule has 3 aliphatic heterocycles. The molecule has 0 radical (unpaired) electrons. The Morgan fingerprint density at radius 3 is 2.72 bits per heavy atom. The maximum atomic E-state index is 13.6. The number of hydrogen-bond acceptors (Lipinski definition) is 3. The van der Waals surface area contributed by atoms with E-state index in [2.05, 4.69) is 5.32 Å². The molecule has 1 N–H and O–H groups in total. The number of rotatable bonds is 4. The van der Waals surface area contributed by atoms with Gasteiger partial charge in [-0.2, -0.15) is 4.31 Å². The lowest BCUT2D eigenvalue weighted by atomic mass is 9.95. The fraction of sp³-hybridized carbons (Fsp3) is 0.588. The summed E-state index contributed by atoms with van der Waals surface area (Å²) in [5.74, 6) is -0.0971. The zero-order valence-corrected chi connectivity index (χ0v) is 15.1. The summed E-state index contributed by atoms with van der Waals surface area (Å²) in [4.78, 5) is 14.3. The van der Waals surface area contributed by atoms with Crippen molar-refractivity contribution < 1.29 is 17.6 Å². The van der Waals surface area contributed by atoms with E-state index < -0.39 is 10.0 Å². The highest BCUT2D eigenvalue weighted by atomic mass is 32.2. The van der Waals surface area contributed by atoms with Crippen molar-refractivity contribution in [1.82, 2.24) is 14.5 Å². The van der Waals surface area contributed by atoms with Crippen LogP contribution < -0.4 is 5.32 Å². The van der Waals surface area contributed by atoms with Gasteiger partial charge in [0, 0.05) is 32.2 Å². The van der Waals surface area contributed by atoms with E-state index in [1.807, 2.05) is 0 Å². The van der Waals surface area contributed by atoms with Crippen LogP contribution in [-0.4, -0.2) is 62.1 Å². The number of nitrogens with one attached hydrogen (secondary N) is 1. The normalized spacial score (nSPS) is 24.2. The van der Waals surface area contributed by atoms with Crippen molar-refractivity contribution in [3.63, 3.8) is 0 Å². The molecule has 3 heterocycles. The van der Waals surface area contributed by atoms with Crippen LogP contribution in [0.15, 0.2) is 24.3 Å². The average molecular weight is 369 g/mol. The zero-order chi connectivity index (χ0) is 18.0. The Morgan fingerprint density at radius 1 is 1.24 bits per heavy atom. The van der Waals surface area contributed by atoms with E-state index in [0.717, 1.165) is 12.8 Å². The van der Waals surface area contributed by atoms with E-state index in [0.29, 0.717) is 38.2 Å². The van der Waals surface area contributed by atoms with Crippen LogP contribution in [0.4, 0.5) is 9.18 Å². The minimum Gasteiger partial charge on any atom is -0.338 e. The van der Waals surface area contributed by atoms with Crippen LogP contribution in [0.3, 0.4) is 0 Å². The quantitative estimate of drug-likeness (QED) is 0.873. The number of urea groups is 1. The van der Waals surface area contributed by atoms with Crippen LogP contribution >= 0.6 is 0 Å². The molecular weight excluding hydrogens is 345 g/mol. The first-order valence-electron chi connectivity index (χ1n) is 8.57. The molecule has 3 saturated heterocycles. The molecule has 4 rings (SSSR count). The predicted octanol–water partition coefficient (Wildman–Crippen LogP) is 1.43. The van der Waals surface area contributed by atoms with Crippen LogP contribution in [0, 0.1) is 11.7 Å². The molecule has 138 valence electrons. The molecule has 25 heavy (non-hydrogen) atoms. The van der Waals surface area contributed by atoms with Gasteiger partial charge >= 0.3 is 6.03 Å². The molecule has 0 spiro atoms. The van der Waals surface area contributed by atoms with E-state index >= 15 is 0 Å². The van der Waals surface area contributed by atoms with Gasteiger partial charge in [0.05, 0.1) is 6.26 Å². The number of carbonyl (C=O) groups excluding carboxylic acids is 1. The summed E-state index contributed by atoms with van der Waals surface area (Å²) in [6.07, 6.45) is 3.40. The molecule has 3 aliphatic rings. The van der Waals surface area contributed by atoms with Gasteiger partial charge in [-0.05, 0) is 36.8 Å². The SMILES string of the molecule is CS(=O)(=O)N1C[C@H]2CC[C@@H](C1)N(C(=O)NCCc1ccccc1F)C2. The van der Waals surface area contributed by atoms with Crippen molar-refractivity contribution in [2.75, 3.05) is 32.4 Å². The van der Waals surface area contributed by atoms with E-state index in [1.54, 1.807) is 23.1 Å². The van der Waals surface area contributed by atoms with Gasteiger partial charge in [0.25, 0.3) is 0 Å². The van der Waals surface area contributed by atoms with Gasteiger partial charge in [-0.25, -0.2) is 17.6 Å². The number of carbonyl (C=O) groups is 1. The third-order valence-corrected chi connectivity index (χ3v) is 6.27. The molecule has 0 unspecified atom stereocenters. The van der Waals surface area contributed by atoms with Gasteiger partial charge in [0.2, 0.25) is 10.0 Å². The number of nitrogens with zero attached hydrogens (tertiary/aromatic N) is 2. The third-order valence-electron chi connectivity index (χ3n) is 5.04. The van der Waals surface area contributed by atoms with Crippen molar-refractivity contribution in [2.45, 2.75) is 25.3 Å². The first kappa shape index (κ1) is 18.1. The fourth-order valence-electron chi connectivity index (χ4n) is 3.67. The van der Waals surface area contributed by atoms with Crippen molar-refractivity contribution in [3.05, 3.63) is 35.6 Å². The van der Waals surface area contributed by atoms with E-state index in [9.17, 15) is 17.6 Å². The number of hydrogen-bond donors (Lipinski definition) is 1. The molecule has 2 atom stereocenters. The molecule has 8 heteroatoms. The van der Waals surface area contributed by atoms with Gasteiger partial charge in [-0.3, -0.25) is 0 Å². The largest absolute Gasteiger partial charge is 0.338 e. The second kappa shape index (κ2) is 7.29. The summed E-state index contributed by atoms with van der Waals surface area (Å²) in [6, 6.07) is 6.24. The molecule has 6 nitrogen and oxygen atoms in total. The van der Waals surface area contributed by atoms with Gasteiger partial charge in [-0.15, -0.1) is 0 Å². The Labute approximate surface area is 148 Å². The third kappa shape index (κ3) is 4.30. The Balaban J connectivity index is 1.58. The monoisotopic (exact) mass is 369 g/mol. The molecule has 0 saturated carbocycles. The topological polar surface area (TPSA) is 69.7 Å². The Morgan fingerprint density at radius 2 is 2.00 bits per heavy atom. The van der Waals surface area contributed by atoms with Crippen molar-refractivity contribution in [3.8, 4) is 0 Å². The average Bonchev–Trinajstić information content (AvgIpc) is 2.88. The molecule has 0 aliphatic carbocycles. The first-order chi connectivity index (χ1) is 11.8. The Kier molecular flexibility index (Phi) is 5.29. The van der Waals surface area contributed by atoms with Crippen LogP contribution in [0.2, 0.25) is 0 Å². The second-order valence-electron chi connectivity index (χ2n) is 6.90. The van der Waals surface area contributed by atoms with Gasteiger partial charge < -0.3 is 10.2 Å². The molecule has 2 amide bonds. The smallest absolute Gasteiger partial charge is 0.317 e. The second-order valence-corrected chi connectivity index (χ2v) is 8.89. The van der Waals surface area contributed by atoms with Gasteiger partial charge in [0.15, 0.2) is 0 Å². The molecular formula is C17H24FN3O3S. The van der Waals surface area contributed by atoms with E-state index in [1.165, 1.54) is 16.6 Å². The maximum Gasteiger partial charge on any atom is 0.317 e. The number of benzene rings is 1. The summed E-state index contributed by atoms with van der Waals surface area (Å²) in [5, 5.41) is 2.85. The Bertz CT molecular complexity index is 740. The zero-order valence-electron chi connectivity index (χ0n) is 14.3. The molecule has 1 aromatic rings. The number of fused-ring (bicyclic) bond motifs is 4.